The molecule has 0 fully saturated rings. The van der Waals surface area contributed by atoms with E-state index in [9.17, 15) is 0 Å². The lowest BCUT2D eigenvalue weighted by Gasteiger charge is -2.17. The normalized spacial score (nSPS) is 12.7. The summed E-state index contributed by atoms with van der Waals surface area (Å²) in [6, 6.07) is 8.00. The second kappa shape index (κ2) is 6.92. The first-order valence-corrected chi connectivity index (χ1v) is 8.81. The Hall–Kier alpha value is 0.420. The summed E-state index contributed by atoms with van der Waals surface area (Å²) in [4.78, 5) is 1.16. The van der Waals surface area contributed by atoms with Crippen LogP contribution in [0.1, 0.15) is 23.4 Å². The fourth-order valence-corrected chi connectivity index (χ4v) is 4.57. The molecule has 1 nitrogen and oxygen atoms in total. The van der Waals surface area contributed by atoms with Gasteiger partial charge in [-0.15, -0.1) is 11.3 Å². The monoisotopic (exact) mass is 441 g/mol. The van der Waals surface area contributed by atoms with Crippen molar-refractivity contribution in [2.45, 2.75) is 13.0 Å². The van der Waals surface area contributed by atoms with Crippen molar-refractivity contribution in [3.8, 4) is 0 Å². The summed E-state index contributed by atoms with van der Waals surface area (Å²) >= 11 is 20.8. The van der Waals surface area contributed by atoms with Gasteiger partial charge in [0.05, 0.1) is 14.9 Å². The molecule has 0 saturated carbocycles. The Balaban J connectivity index is 2.44. The van der Waals surface area contributed by atoms with Crippen molar-refractivity contribution in [3.63, 3.8) is 0 Å². The van der Waals surface area contributed by atoms with Crippen molar-refractivity contribution < 1.29 is 0 Å². The van der Waals surface area contributed by atoms with Crippen LogP contribution in [0.4, 0.5) is 0 Å². The van der Waals surface area contributed by atoms with Gasteiger partial charge in [-0.25, -0.2) is 0 Å². The highest BCUT2D eigenvalue weighted by Gasteiger charge is 2.18. The van der Waals surface area contributed by atoms with Gasteiger partial charge >= 0.3 is 0 Å². The third-order valence-corrected chi connectivity index (χ3v) is 5.79. The van der Waals surface area contributed by atoms with Crippen LogP contribution in [-0.4, -0.2) is 6.54 Å². The molecule has 2 aromatic rings. The molecule has 1 heterocycles. The van der Waals surface area contributed by atoms with Gasteiger partial charge in [0.2, 0.25) is 0 Å². The molecular weight excluding hydrogens is 433 g/mol. The van der Waals surface area contributed by atoms with Crippen LogP contribution in [0, 0.1) is 0 Å². The number of hydrogen-bond acceptors (Lipinski definition) is 2. The van der Waals surface area contributed by atoms with E-state index in [0.29, 0.717) is 5.02 Å². The molecule has 1 N–H and O–H groups in total. The van der Waals surface area contributed by atoms with E-state index >= 15 is 0 Å². The Morgan fingerprint density at radius 2 is 1.95 bits per heavy atom. The van der Waals surface area contributed by atoms with E-state index in [0.717, 1.165) is 30.3 Å². The molecule has 1 aromatic carbocycles. The van der Waals surface area contributed by atoms with E-state index in [4.69, 9.17) is 23.2 Å². The predicted molar refractivity (Wildman–Crippen MR) is 91.7 cm³/mol. The van der Waals surface area contributed by atoms with Crippen molar-refractivity contribution in [1.29, 1.82) is 0 Å². The lowest BCUT2D eigenvalue weighted by Crippen LogP contribution is -2.21. The topological polar surface area (TPSA) is 12.0 Å². The average molecular weight is 444 g/mol. The zero-order valence-electron chi connectivity index (χ0n) is 10.0. The van der Waals surface area contributed by atoms with Crippen LogP contribution in [0.25, 0.3) is 0 Å². The summed E-state index contributed by atoms with van der Waals surface area (Å²) in [6.07, 6.45) is 0. The molecule has 0 saturated heterocycles. The Morgan fingerprint density at radius 3 is 2.47 bits per heavy atom. The Bertz CT molecular complexity index is 546. The highest BCUT2D eigenvalue weighted by atomic mass is 79.9. The number of thiophene rings is 1. The SMILES string of the molecule is CCNC(c1cc(Cl)cc(Br)c1)c1cc(Cl)c(Br)s1. The van der Waals surface area contributed by atoms with Gasteiger partial charge in [-0.1, -0.05) is 46.1 Å². The smallest absolute Gasteiger partial charge is 0.0888 e. The van der Waals surface area contributed by atoms with Crippen LogP contribution in [-0.2, 0) is 0 Å². The molecule has 2 rings (SSSR count). The second-order valence-electron chi connectivity index (χ2n) is 3.96. The minimum atomic E-state index is 0.0915. The number of nitrogens with one attached hydrogen (secondary N) is 1. The van der Waals surface area contributed by atoms with Gasteiger partial charge in [-0.05, 0) is 52.3 Å². The maximum absolute atomic E-state index is 6.13. The molecule has 6 heteroatoms. The van der Waals surface area contributed by atoms with Gasteiger partial charge in [0, 0.05) is 14.4 Å². The Kier molecular flexibility index (Phi) is 5.76. The van der Waals surface area contributed by atoms with E-state index in [1.165, 1.54) is 0 Å². The fourth-order valence-electron chi connectivity index (χ4n) is 1.83. The summed E-state index contributed by atoms with van der Waals surface area (Å²) in [5, 5.41) is 4.92. The maximum atomic E-state index is 6.13. The molecule has 0 bridgehead atoms. The Morgan fingerprint density at radius 1 is 1.21 bits per heavy atom. The van der Waals surface area contributed by atoms with Crippen LogP contribution >= 0.6 is 66.4 Å². The van der Waals surface area contributed by atoms with Gasteiger partial charge in [0.1, 0.15) is 0 Å². The summed E-state index contributed by atoms with van der Waals surface area (Å²) in [5.41, 5.74) is 1.12. The predicted octanol–water partition coefficient (Wildman–Crippen LogP) is 6.28. The lowest BCUT2D eigenvalue weighted by molar-refractivity contribution is 0.639. The van der Waals surface area contributed by atoms with Gasteiger partial charge in [0.25, 0.3) is 0 Å². The molecule has 1 aromatic heterocycles. The highest BCUT2D eigenvalue weighted by Crippen LogP contribution is 2.38. The molecule has 1 atom stereocenters. The molecule has 1 unspecified atom stereocenters. The molecule has 0 aliphatic rings. The van der Waals surface area contributed by atoms with Crippen molar-refractivity contribution >= 4 is 66.4 Å². The van der Waals surface area contributed by atoms with E-state index in [1.807, 2.05) is 18.2 Å². The van der Waals surface area contributed by atoms with Crippen LogP contribution < -0.4 is 5.32 Å². The highest BCUT2D eigenvalue weighted by molar-refractivity contribution is 9.11. The van der Waals surface area contributed by atoms with Crippen LogP contribution in [0.15, 0.2) is 32.5 Å². The number of rotatable bonds is 4. The van der Waals surface area contributed by atoms with E-state index in [1.54, 1.807) is 11.3 Å². The number of halogens is 4. The first-order chi connectivity index (χ1) is 9.01. The standard InChI is InChI=1S/C13H11Br2Cl2NS/c1-2-18-12(11-6-10(17)13(15)19-11)7-3-8(14)5-9(16)4-7/h3-6,12,18H,2H2,1H3. The van der Waals surface area contributed by atoms with Gasteiger partial charge in [0.15, 0.2) is 0 Å². The van der Waals surface area contributed by atoms with Gasteiger partial charge in [-0.2, -0.15) is 0 Å². The number of hydrogen-bond donors (Lipinski definition) is 1. The fraction of sp³-hybridized carbons (Fsp3) is 0.231. The van der Waals surface area contributed by atoms with Crippen LogP contribution in [0.5, 0.6) is 0 Å². The quantitative estimate of drug-likeness (QED) is 0.586. The minimum absolute atomic E-state index is 0.0915. The van der Waals surface area contributed by atoms with Crippen molar-refractivity contribution in [3.05, 3.63) is 53.0 Å². The molecular formula is C13H11Br2Cl2NS. The maximum Gasteiger partial charge on any atom is 0.0888 e. The first kappa shape index (κ1) is 15.8. The third-order valence-electron chi connectivity index (χ3n) is 2.58. The van der Waals surface area contributed by atoms with Crippen LogP contribution in [0.2, 0.25) is 10.0 Å². The summed E-state index contributed by atoms with van der Waals surface area (Å²) in [6.45, 7) is 2.94. The second-order valence-corrected chi connectivity index (χ2v) is 8.12. The average Bonchev–Trinajstić information content (AvgIpc) is 2.65. The summed E-state index contributed by atoms with van der Waals surface area (Å²) < 4.78 is 1.92. The van der Waals surface area contributed by atoms with Gasteiger partial charge < -0.3 is 5.32 Å². The van der Waals surface area contributed by atoms with E-state index in [2.05, 4.69) is 50.2 Å². The Labute approximate surface area is 143 Å². The molecule has 0 aliphatic carbocycles. The van der Waals surface area contributed by atoms with Crippen molar-refractivity contribution in [2.24, 2.45) is 0 Å². The first-order valence-electron chi connectivity index (χ1n) is 5.65. The van der Waals surface area contributed by atoms with E-state index in [-0.39, 0.29) is 6.04 Å². The summed E-state index contributed by atoms with van der Waals surface area (Å²) in [7, 11) is 0. The van der Waals surface area contributed by atoms with Crippen molar-refractivity contribution in [2.75, 3.05) is 6.54 Å². The third kappa shape index (κ3) is 3.96. The molecule has 0 spiro atoms. The molecule has 0 aliphatic heterocycles. The zero-order valence-corrected chi connectivity index (χ0v) is 15.5. The van der Waals surface area contributed by atoms with Gasteiger partial charge in [-0.3, -0.25) is 0 Å². The molecule has 19 heavy (non-hydrogen) atoms. The number of benzene rings is 1. The largest absolute Gasteiger partial charge is 0.306 e. The summed E-state index contributed by atoms with van der Waals surface area (Å²) in [5.74, 6) is 0. The molecule has 0 radical (unpaired) electrons. The molecule has 102 valence electrons. The lowest BCUT2D eigenvalue weighted by atomic mass is 10.1. The molecule has 0 amide bonds. The van der Waals surface area contributed by atoms with Crippen molar-refractivity contribution in [1.82, 2.24) is 5.32 Å². The van der Waals surface area contributed by atoms with Crippen LogP contribution in [0.3, 0.4) is 0 Å². The minimum Gasteiger partial charge on any atom is -0.306 e. The zero-order chi connectivity index (χ0) is 14.0. The van der Waals surface area contributed by atoms with E-state index < -0.39 is 0 Å².